The van der Waals surface area contributed by atoms with E-state index in [0.29, 0.717) is 22.3 Å². The zero-order chi connectivity index (χ0) is 27.0. The van der Waals surface area contributed by atoms with Crippen molar-refractivity contribution >= 4 is 34.3 Å². The predicted molar refractivity (Wildman–Crippen MR) is 147 cm³/mol. The van der Waals surface area contributed by atoms with Gasteiger partial charge in [0.15, 0.2) is 5.82 Å². The van der Waals surface area contributed by atoms with E-state index < -0.39 is 16.3 Å². The number of rotatable bonds is 8. The third-order valence-corrected chi connectivity index (χ3v) is 8.19. The Bertz CT molecular complexity index is 1490. The standard InChI is InChI=1S/C29H28ClN3O4S/c1-17-14-24(31-25(34)16-20-4-6-21(7-5-20)19(3)38(35)36)15-18(2)26(17)29(12-13-29)28-32-27(37-33-28)22-8-10-23(30)11-9-22/h4-11,14-15,19H,12-13,16H2,1-3H3,(H,31,34)(H,35,36)/p-1. The summed E-state index contributed by atoms with van der Waals surface area (Å²) in [5.41, 5.74) is 6.04. The molecule has 1 aromatic heterocycles. The Morgan fingerprint density at radius 2 is 1.74 bits per heavy atom. The molecule has 1 N–H and O–H groups in total. The van der Waals surface area contributed by atoms with Crippen LogP contribution in [0.1, 0.15) is 58.7 Å². The number of anilines is 1. The first-order chi connectivity index (χ1) is 18.2. The molecule has 0 bridgehead atoms. The maximum absolute atomic E-state index is 12.8. The molecule has 38 heavy (non-hydrogen) atoms. The van der Waals surface area contributed by atoms with E-state index in [1.54, 1.807) is 43.3 Å². The van der Waals surface area contributed by atoms with Crippen LogP contribution in [0.15, 0.2) is 65.2 Å². The monoisotopic (exact) mass is 548 g/mol. The molecule has 1 aliphatic rings. The molecule has 1 amide bonds. The number of hydrogen-bond acceptors (Lipinski definition) is 6. The first kappa shape index (κ1) is 26.3. The predicted octanol–water partition coefficient (Wildman–Crippen LogP) is 6.21. The van der Waals surface area contributed by atoms with Gasteiger partial charge in [-0.3, -0.25) is 9.00 Å². The molecule has 2 unspecified atom stereocenters. The third kappa shape index (κ3) is 5.29. The molecule has 7 nitrogen and oxygen atoms in total. The zero-order valence-corrected chi connectivity index (χ0v) is 22.9. The minimum Gasteiger partial charge on any atom is -0.772 e. The van der Waals surface area contributed by atoms with Crippen LogP contribution in [0.4, 0.5) is 5.69 Å². The Hall–Kier alpha value is -3.33. The van der Waals surface area contributed by atoms with Gasteiger partial charge in [-0.2, -0.15) is 4.98 Å². The molecule has 196 valence electrons. The molecule has 2 atom stereocenters. The number of aromatic nitrogens is 2. The van der Waals surface area contributed by atoms with E-state index in [1.165, 1.54) is 5.56 Å². The fourth-order valence-corrected chi connectivity index (χ4v) is 5.54. The number of carbonyl (C=O) groups excluding carboxylic acids is 1. The summed E-state index contributed by atoms with van der Waals surface area (Å²) in [7, 11) is 0. The molecule has 0 spiro atoms. The minimum atomic E-state index is -2.18. The first-order valence-electron chi connectivity index (χ1n) is 12.3. The van der Waals surface area contributed by atoms with Crippen molar-refractivity contribution in [2.24, 2.45) is 0 Å². The fourth-order valence-electron chi connectivity index (χ4n) is 5.04. The highest BCUT2D eigenvalue weighted by Gasteiger charge is 2.51. The van der Waals surface area contributed by atoms with E-state index in [9.17, 15) is 13.6 Å². The van der Waals surface area contributed by atoms with Crippen molar-refractivity contribution in [1.82, 2.24) is 10.1 Å². The Morgan fingerprint density at radius 1 is 1.11 bits per heavy atom. The van der Waals surface area contributed by atoms with Crippen LogP contribution >= 0.6 is 11.6 Å². The number of carbonyl (C=O) groups is 1. The summed E-state index contributed by atoms with van der Waals surface area (Å²) >= 11 is 3.82. The second-order valence-corrected chi connectivity index (χ2v) is 11.5. The van der Waals surface area contributed by atoms with Gasteiger partial charge in [0.1, 0.15) is 0 Å². The van der Waals surface area contributed by atoms with Gasteiger partial charge >= 0.3 is 0 Å². The summed E-state index contributed by atoms with van der Waals surface area (Å²) in [4.78, 5) is 17.5. The number of benzene rings is 3. The van der Waals surface area contributed by atoms with Gasteiger partial charge in [-0.1, -0.05) is 41.0 Å². The molecular formula is C29H27ClN3O4S-. The number of hydrogen-bond donors (Lipinski definition) is 1. The lowest BCUT2D eigenvalue weighted by Crippen LogP contribution is -2.17. The van der Waals surface area contributed by atoms with Crippen LogP contribution in [-0.2, 0) is 27.7 Å². The van der Waals surface area contributed by atoms with Gasteiger partial charge in [0.25, 0.3) is 5.89 Å². The number of amides is 1. The van der Waals surface area contributed by atoms with Crippen LogP contribution in [0.3, 0.4) is 0 Å². The molecule has 1 heterocycles. The van der Waals surface area contributed by atoms with Crippen molar-refractivity contribution < 1.29 is 18.1 Å². The fraction of sp³-hybridized carbons (Fsp3) is 0.276. The van der Waals surface area contributed by atoms with Gasteiger partial charge in [0.2, 0.25) is 5.91 Å². The van der Waals surface area contributed by atoms with E-state index in [1.807, 2.05) is 38.1 Å². The largest absolute Gasteiger partial charge is 0.772 e. The van der Waals surface area contributed by atoms with Crippen molar-refractivity contribution in [3.8, 4) is 11.5 Å². The molecule has 1 aliphatic carbocycles. The molecular weight excluding hydrogens is 522 g/mol. The Kier molecular flexibility index (Phi) is 7.22. The lowest BCUT2D eigenvalue weighted by atomic mass is 9.87. The average molecular weight is 549 g/mol. The van der Waals surface area contributed by atoms with Crippen LogP contribution in [0.5, 0.6) is 0 Å². The number of nitrogens with one attached hydrogen (secondary N) is 1. The van der Waals surface area contributed by atoms with Crippen molar-refractivity contribution in [2.75, 3.05) is 5.32 Å². The highest BCUT2D eigenvalue weighted by molar-refractivity contribution is 7.79. The second kappa shape index (κ2) is 10.4. The van der Waals surface area contributed by atoms with Crippen LogP contribution < -0.4 is 5.32 Å². The van der Waals surface area contributed by atoms with Gasteiger partial charge < -0.3 is 14.4 Å². The lowest BCUT2D eigenvalue weighted by Gasteiger charge is -2.19. The van der Waals surface area contributed by atoms with Gasteiger partial charge in [0, 0.05) is 21.5 Å². The molecule has 5 rings (SSSR count). The SMILES string of the molecule is Cc1cc(NC(=O)Cc2ccc(C(C)S(=O)[O-])cc2)cc(C)c1C1(c2noc(-c3ccc(Cl)cc3)n2)CC1. The average Bonchev–Trinajstić information content (AvgIpc) is 3.50. The maximum atomic E-state index is 12.8. The zero-order valence-electron chi connectivity index (χ0n) is 21.3. The van der Waals surface area contributed by atoms with Crippen molar-refractivity contribution in [1.29, 1.82) is 0 Å². The topological polar surface area (TPSA) is 108 Å². The van der Waals surface area contributed by atoms with Crippen molar-refractivity contribution in [2.45, 2.75) is 50.7 Å². The van der Waals surface area contributed by atoms with E-state index in [0.717, 1.165) is 40.8 Å². The molecule has 1 fully saturated rings. The Balaban J connectivity index is 1.31. The third-order valence-electron chi connectivity index (χ3n) is 7.09. The van der Waals surface area contributed by atoms with Crippen LogP contribution in [0, 0.1) is 13.8 Å². The summed E-state index contributed by atoms with van der Waals surface area (Å²) in [6.45, 7) is 5.71. The quantitative estimate of drug-likeness (QED) is 0.262. The smallest absolute Gasteiger partial charge is 0.257 e. The molecule has 9 heteroatoms. The normalized spacial score (nSPS) is 15.6. The van der Waals surface area contributed by atoms with Gasteiger partial charge in [0.05, 0.1) is 11.8 Å². The molecule has 0 aliphatic heterocycles. The Morgan fingerprint density at radius 3 is 2.32 bits per heavy atom. The van der Waals surface area contributed by atoms with E-state index in [4.69, 9.17) is 21.1 Å². The van der Waals surface area contributed by atoms with Gasteiger partial charge in [-0.15, -0.1) is 0 Å². The molecule has 1 saturated carbocycles. The van der Waals surface area contributed by atoms with Crippen LogP contribution in [0.2, 0.25) is 5.02 Å². The van der Waals surface area contributed by atoms with Crippen LogP contribution in [-0.4, -0.2) is 24.8 Å². The lowest BCUT2D eigenvalue weighted by molar-refractivity contribution is -0.115. The summed E-state index contributed by atoms with van der Waals surface area (Å²) in [5.74, 6) is 0.992. The highest BCUT2D eigenvalue weighted by Crippen LogP contribution is 2.54. The number of halogens is 1. The van der Waals surface area contributed by atoms with E-state index in [-0.39, 0.29) is 17.7 Å². The maximum Gasteiger partial charge on any atom is 0.257 e. The Labute approximate surface area is 228 Å². The summed E-state index contributed by atoms with van der Waals surface area (Å²) in [6.07, 6.45) is 2.04. The number of aryl methyl sites for hydroxylation is 2. The summed E-state index contributed by atoms with van der Waals surface area (Å²) < 4.78 is 28.0. The van der Waals surface area contributed by atoms with Crippen LogP contribution in [0.25, 0.3) is 11.5 Å². The van der Waals surface area contributed by atoms with Crippen molar-refractivity contribution in [3.63, 3.8) is 0 Å². The van der Waals surface area contributed by atoms with E-state index >= 15 is 0 Å². The summed E-state index contributed by atoms with van der Waals surface area (Å²) in [6, 6.07) is 18.3. The summed E-state index contributed by atoms with van der Waals surface area (Å²) in [5, 5.41) is 7.38. The number of nitrogens with zero attached hydrogens (tertiary/aromatic N) is 2. The molecule has 0 radical (unpaired) electrons. The highest BCUT2D eigenvalue weighted by atomic mass is 35.5. The first-order valence-corrected chi connectivity index (χ1v) is 13.9. The minimum absolute atomic E-state index is 0.142. The van der Waals surface area contributed by atoms with Gasteiger partial charge in [-0.25, -0.2) is 0 Å². The van der Waals surface area contributed by atoms with E-state index in [2.05, 4.69) is 10.5 Å². The molecule has 3 aromatic carbocycles. The molecule has 4 aromatic rings. The van der Waals surface area contributed by atoms with Crippen molar-refractivity contribution in [3.05, 3.63) is 99.3 Å². The van der Waals surface area contributed by atoms with Gasteiger partial charge in [-0.05, 0) is 109 Å². The second-order valence-electron chi connectivity index (χ2n) is 9.87. The molecule has 0 saturated heterocycles.